The summed E-state index contributed by atoms with van der Waals surface area (Å²) in [6.45, 7) is -1.13. The Hall–Kier alpha value is -4.85. The highest BCUT2D eigenvalue weighted by Crippen LogP contribution is 2.31. The molecule has 9 amide bonds. The van der Waals surface area contributed by atoms with Gasteiger partial charge in [0.05, 0.1) is 65.0 Å². The normalized spacial score (nSPS) is 15.3. The van der Waals surface area contributed by atoms with Gasteiger partial charge in [0.25, 0.3) is 0 Å². The van der Waals surface area contributed by atoms with Crippen LogP contribution in [-0.4, -0.2) is 201 Å². The summed E-state index contributed by atoms with van der Waals surface area (Å²) in [5.74, 6) is -4.96. The molecular formula is C31H54N10O10. The van der Waals surface area contributed by atoms with E-state index in [1.165, 1.54) is 47.2 Å². The smallest absolute Gasteiger partial charge is 0.242 e. The molecule has 0 heterocycles. The Kier molecular flexibility index (Phi) is 18.5. The molecule has 0 saturated heterocycles. The van der Waals surface area contributed by atoms with Gasteiger partial charge in [-0.3, -0.25) is 43.2 Å². The molecule has 1 fully saturated rings. The zero-order chi connectivity index (χ0) is 39.0. The van der Waals surface area contributed by atoms with Crippen molar-refractivity contribution >= 4 is 53.2 Å². The molecule has 1 aliphatic rings. The van der Waals surface area contributed by atoms with Crippen molar-refractivity contribution in [2.24, 2.45) is 11.7 Å². The highest BCUT2D eigenvalue weighted by atomic mass is 16.3. The summed E-state index contributed by atoms with van der Waals surface area (Å²) in [7, 11) is 8.21. The van der Waals surface area contributed by atoms with Crippen LogP contribution in [0.15, 0.2) is 0 Å². The van der Waals surface area contributed by atoms with E-state index in [9.17, 15) is 48.3 Å². The van der Waals surface area contributed by atoms with Crippen LogP contribution >= 0.6 is 0 Å². The van der Waals surface area contributed by atoms with Crippen molar-refractivity contribution < 1.29 is 48.3 Å². The molecule has 0 aromatic rings. The summed E-state index contributed by atoms with van der Waals surface area (Å²) >= 11 is 0. The van der Waals surface area contributed by atoms with Crippen LogP contribution in [0.4, 0.5) is 0 Å². The molecular weight excluding hydrogens is 672 g/mol. The van der Waals surface area contributed by atoms with Crippen molar-refractivity contribution in [1.82, 2.24) is 45.3 Å². The van der Waals surface area contributed by atoms with Crippen LogP contribution in [0.25, 0.3) is 0 Å². The van der Waals surface area contributed by atoms with Gasteiger partial charge in [0.1, 0.15) is 0 Å². The summed E-state index contributed by atoms with van der Waals surface area (Å²) in [6, 6.07) is 0.0189. The van der Waals surface area contributed by atoms with E-state index in [2.05, 4.69) is 16.0 Å². The average Bonchev–Trinajstić information content (AvgIpc) is 3.06. The standard InChI is InChI=1S/C31H54N10O10/c1-20(10-21-8-9-22(21)42)33-12-26(46)38(4)16-30(50)40(6)19-29(49)37(3)15-25(45)35-13-27(47)39(5)17-31(51)41(7)18-28(48)36(2)14-24(44)34-11-23(32)43/h20-22,33,42H,8-19H2,1-7H3,(H2,32,43)(H,34,44)(H,35,45). The van der Waals surface area contributed by atoms with Crippen molar-refractivity contribution in [3.05, 3.63) is 0 Å². The van der Waals surface area contributed by atoms with Crippen LogP contribution in [0, 0.1) is 5.92 Å². The summed E-state index contributed by atoms with van der Waals surface area (Å²) in [6.07, 6.45) is 2.21. The molecule has 0 spiro atoms. The highest BCUT2D eigenvalue weighted by Gasteiger charge is 2.30. The van der Waals surface area contributed by atoms with Gasteiger partial charge in [-0.15, -0.1) is 0 Å². The van der Waals surface area contributed by atoms with E-state index in [4.69, 9.17) is 5.73 Å². The first-order valence-corrected chi connectivity index (χ1v) is 16.4. The lowest BCUT2D eigenvalue weighted by atomic mass is 9.78. The first kappa shape index (κ1) is 44.2. The number of rotatable bonds is 21. The SMILES string of the molecule is CC(CC1CCC1O)NCC(=O)N(C)CC(=O)N(C)CC(=O)N(C)CC(=O)NCC(=O)N(C)CC(=O)N(C)CC(=O)N(C)CC(=O)NCC(N)=O. The second kappa shape index (κ2) is 21.4. The molecule has 0 aliphatic heterocycles. The molecule has 288 valence electrons. The minimum Gasteiger partial charge on any atom is -0.393 e. The van der Waals surface area contributed by atoms with Gasteiger partial charge in [-0.05, 0) is 32.1 Å². The average molecular weight is 727 g/mol. The number of nitrogens with one attached hydrogen (secondary N) is 3. The van der Waals surface area contributed by atoms with Crippen molar-refractivity contribution in [2.45, 2.75) is 38.3 Å². The molecule has 1 saturated carbocycles. The van der Waals surface area contributed by atoms with E-state index in [0.29, 0.717) is 0 Å². The van der Waals surface area contributed by atoms with Gasteiger partial charge in [-0.25, -0.2) is 0 Å². The monoisotopic (exact) mass is 726 g/mol. The maximum atomic E-state index is 12.7. The van der Waals surface area contributed by atoms with E-state index < -0.39 is 73.4 Å². The molecule has 0 bridgehead atoms. The van der Waals surface area contributed by atoms with Crippen LogP contribution in [-0.2, 0) is 43.2 Å². The van der Waals surface area contributed by atoms with Crippen LogP contribution in [0.2, 0.25) is 0 Å². The first-order valence-electron chi connectivity index (χ1n) is 16.4. The van der Waals surface area contributed by atoms with Crippen LogP contribution in [0.1, 0.15) is 26.2 Å². The fourth-order valence-electron chi connectivity index (χ4n) is 4.62. The van der Waals surface area contributed by atoms with Crippen LogP contribution in [0.5, 0.6) is 0 Å². The number of hydrogen-bond acceptors (Lipinski definition) is 11. The second-order valence-corrected chi connectivity index (χ2v) is 12.9. The van der Waals surface area contributed by atoms with Gasteiger partial charge < -0.3 is 56.2 Å². The van der Waals surface area contributed by atoms with E-state index in [-0.39, 0.29) is 56.7 Å². The van der Waals surface area contributed by atoms with Gasteiger partial charge in [0.15, 0.2) is 0 Å². The maximum absolute atomic E-state index is 12.7. The van der Waals surface area contributed by atoms with Gasteiger partial charge in [-0.2, -0.15) is 0 Å². The number of amides is 9. The Labute approximate surface area is 297 Å². The lowest BCUT2D eigenvalue weighted by Crippen LogP contribution is -2.49. The zero-order valence-corrected chi connectivity index (χ0v) is 30.6. The number of aliphatic hydroxyl groups is 1. The third kappa shape index (κ3) is 16.6. The predicted octanol–water partition coefficient (Wildman–Crippen LogP) is -5.41. The molecule has 0 aromatic carbocycles. The number of carbonyl (C=O) groups is 9. The number of nitrogens with two attached hydrogens (primary N) is 1. The Balaban J connectivity index is 2.39. The highest BCUT2D eigenvalue weighted by molar-refractivity contribution is 5.93. The zero-order valence-electron chi connectivity index (χ0n) is 30.6. The largest absolute Gasteiger partial charge is 0.393 e. The van der Waals surface area contributed by atoms with E-state index in [0.717, 1.165) is 43.8 Å². The van der Waals surface area contributed by atoms with Crippen LogP contribution < -0.4 is 21.7 Å². The first-order chi connectivity index (χ1) is 23.7. The van der Waals surface area contributed by atoms with Gasteiger partial charge in [0.2, 0.25) is 53.2 Å². The van der Waals surface area contributed by atoms with Gasteiger partial charge >= 0.3 is 0 Å². The second-order valence-electron chi connectivity index (χ2n) is 12.9. The molecule has 20 heteroatoms. The summed E-state index contributed by atoms with van der Waals surface area (Å²) in [5, 5.41) is 17.4. The maximum Gasteiger partial charge on any atom is 0.242 e. The molecule has 51 heavy (non-hydrogen) atoms. The predicted molar refractivity (Wildman–Crippen MR) is 182 cm³/mol. The van der Waals surface area contributed by atoms with Crippen molar-refractivity contribution in [3.8, 4) is 0 Å². The number of carbonyl (C=O) groups excluding carboxylic acids is 9. The fourth-order valence-corrected chi connectivity index (χ4v) is 4.62. The molecule has 6 N–H and O–H groups in total. The van der Waals surface area contributed by atoms with E-state index in [1.807, 2.05) is 6.92 Å². The quantitative estimate of drug-likeness (QED) is 0.0746. The van der Waals surface area contributed by atoms with Crippen molar-refractivity contribution in [3.63, 3.8) is 0 Å². The summed E-state index contributed by atoms with van der Waals surface area (Å²) in [5.41, 5.74) is 4.95. The van der Waals surface area contributed by atoms with Crippen LogP contribution in [0.3, 0.4) is 0 Å². The molecule has 1 aliphatic carbocycles. The van der Waals surface area contributed by atoms with Crippen molar-refractivity contribution in [1.29, 1.82) is 0 Å². The Morgan fingerprint density at radius 1 is 0.569 bits per heavy atom. The Morgan fingerprint density at radius 3 is 1.27 bits per heavy atom. The molecule has 1 rings (SSSR count). The van der Waals surface area contributed by atoms with Gasteiger partial charge in [0, 0.05) is 48.3 Å². The fraction of sp³-hybridized carbons (Fsp3) is 0.710. The number of aliphatic hydroxyl groups excluding tert-OH is 1. The lowest BCUT2D eigenvalue weighted by Gasteiger charge is -2.34. The third-order valence-corrected chi connectivity index (χ3v) is 8.34. The Morgan fingerprint density at radius 2 is 0.922 bits per heavy atom. The molecule has 0 aromatic heterocycles. The molecule has 0 radical (unpaired) electrons. The van der Waals surface area contributed by atoms with E-state index in [1.54, 1.807) is 0 Å². The minimum atomic E-state index is -0.746. The minimum absolute atomic E-state index is 0.0176. The van der Waals surface area contributed by atoms with Gasteiger partial charge in [-0.1, -0.05) is 0 Å². The lowest BCUT2D eigenvalue weighted by molar-refractivity contribution is -0.143. The molecule has 3 atom stereocenters. The molecule has 3 unspecified atom stereocenters. The topological polar surface area (TPSA) is 255 Å². The summed E-state index contributed by atoms with van der Waals surface area (Å²) in [4.78, 5) is 117. The number of likely N-dealkylation sites (N-methyl/N-ethyl adjacent to an activating group) is 6. The van der Waals surface area contributed by atoms with Crippen molar-refractivity contribution in [2.75, 3.05) is 101 Å². The van der Waals surface area contributed by atoms with E-state index >= 15 is 0 Å². The Bertz CT molecular complexity index is 1300. The number of primary amides is 1. The number of nitrogens with zero attached hydrogens (tertiary/aromatic N) is 6. The third-order valence-electron chi connectivity index (χ3n) is 8.34. The summed E-state index contributed by atoms with van der Waals surface area (Å²) < 4.78 is 0. The molecule has 20 nitrogen and oxygen atoms in total. The number of hydrogen-bond donors (Lipinski definition) is 5.